The summed E-state index contributed by atoms with van der Waals surface area (Å²) in [4.78, 5) is 0. The first-order valence-corrected chi connectivity index (χ1v) is 7.15. The molecule has 112 valence electrons. The number of benzene rings is 3. The minimum Gasteiger partial charge on any atom is -0.508 e. The molecule has 0 bridgehead atoms. The van der Waals surface area contributed by atoms with Crippen LogP contribution in [0.4, 0.5) is 0 Å². The zero-order chi connectivity index (χ0) is 15.7. The highest BCUT2D eigenvalue weighted by Gasteiger charge is 2.12. The summed E-state index contributed by atoms with van der Waals surface area (Å²) in [6.07, 6.45) is 0. The van der Waals surface area contributed by atoms with Gasteiger partial charge in [0.25, 0.3) is 0 Å². The third-order valence-corrected chi connectivity index (χ3v) is 3.81. The monoisotopic (exact) mass is 314 g/mol. The Balaban J connectivity index is 2.34. The van der Waals surface area contributed by atoms with Gasteiger partial charge in [0.1, 0.15) is 5.75 Å². The molecule has 0 aliphatic heterocycles. The lowest BCUT2D eigenvalue weighted by atomic mass is 9.97. The third kappa shape index (κ3) is 2.55. The number of halogens is 1. The van der Waals surface area contributed by atoms with Crippen LogP contribution in [0.3, 0.4) is 0 Å². The molecule has 0 heterocycles. The predicted octanol–water partition coefficient (Wildman–Crippen LogP) is 4.88. The summed E-state index contributed by atoms with van der Waals surface area (Å²) in [7, 11) is 3.19. The Morgan fingerprint density at radius 2 is 1.64 bits per heavy atom. The summed E-state index contributed by atoms with van der Waals surface area (Å²) in [6.45, 7) is 0. The van der Waals surface area contributed by atoms with Crippen LogP contribution in [0.2, 0.25) is 5.02 Å². The molecule has 4 heteroatoms. The molecule has 0 aliphatic carbocycles. The van der Waals surface area contributed by atoms with Crippen molar-refractivity contribution in [2.45, 2.75) is 0 Å². The van der Waals surface area contributed by atoms with Crippen LogP contribution in [0.1, 0.15) is 0 Å². The van der Waals surface area contributed by atoms with E-state index in [2.05, 4.69) is 0 Å². The Bertz CT molecular complexity index is 843. The highest BCUT2D eigenvalue weighted by molar-refractivity contribution is 6.30. The lowest BCUT2D eigenvalue weighted by molar-refractivity contribution is 0.356. The second kappa shape index (κ2) is 5.78. The third-order valence-electron chi connectivity index (χ3n) is 3.58. The number of aromatic hydroxyl groups is 1. The fourth-order valence-corrected chi connectivity index (χ4v) is 2.76. The fraction of sp³-hybridized carbons (Fsp3) is 0.111. The first-order valence-electron chi connectivity index (χ1n) is 6.77. The fourth-order valence-electron chi connectivity index (χ4n) is 2.57. The van der Waals surface area contributed by atoms with Gasteiger partial charge in [0.2, 0.25) is 0 Å². The van der Waals surface area contributed by atoms with Crippen LogP contribution < -0.4 is 9.47 Å². The maximum absolute atomic E-state index is 10.0. The van der Waals surface area contributed by atoms with Crippen molar-refractivity contribution in [2.24, 2.45) is 0 Å². The second-order valence-electron chi connectivity index (χ2n) is 4.93. The maximum atomic E-state index is 10.0. The molecule has 3 rings (SSSR count). The summed E-state index contributed by atoms with van der Waals surface area (Å²) in [6, 6.07) is 14.7. The molecular formula is C18H15ClO3. The molecule has 0 fully saturated rings. The van der Waals surface area contributed by atoms with E-state index in [-0.39, 0.29) is 5.75 Å². The van der Waals surface area contributed by atoms with Crippen molar-refractivity contribution >= 4 is 22.4 Å². The number of hydrogen-bond donors (Lipinski definition) is 1. The second-order valence-corrected chi connectivity index (χ2v) is 5.37. The summed E-state index contributed by atoms with van der Waals surface area (Å²) < 4.78 is 10.7. The Hall–Kier alpha value is -2.39. The van der Waals surface area contributed by atoms with Gasteiger partial charge in [-0.3, -0.25) is 0 Å². The van der Waals surface area contributed by atoms with E-state index in [1.807, 2.05) is 36.4 Å². The molecule has 0 saturated carbocycles. The molecule has 1 N–H and O–H groups in total. The zero-order valence-electron chi connectivity index (χ0n) is 12.3. The van der Waals surface area contributed by atoms with Gasteiger partial charge in [0, 0.05) is 5.02 Å². The minimum absolute atomic E-state index is 0.190. The van der Waals surface area contributed by atoms with E-state index in [9.17, 15) is 5.11 Å². The van der Waals surface area contributed by atoms with E-state index in [0.717, 1.165) is 21.9 Å². The molecule has 0 atom stereocenters. The number of fused-ring (bicyclic) bond motifs is 1. The molecule has 0 amide bonds. The molecule has 0 aliphatic rings. The molecule has 0 spiro atoms. The lowest BCUT2D eigenvalue weighted by Crippen LogP contribution is -1.91. The van der Waals surface area contributed by atoms with Crippen LogP contribution in [-0.4, -0.2) is 19.3 Å². The van der Waals surface area contributed by atoms with Gasteiger partial charge in [-0.15, -0.1) is 0 Å². The first kappa shape index (κ1) is 14.5. The van der Waals surface area contributed by atoms with Gasteiger partial charge >= 0.3 is 0 Å². The molecule has 3 aromatic rings. The number of phenolic OH excluding ortho intramolecular Hbond substituents is 1. The van der Waals surface area contributed by atoms with Crippen molar-refractivity contribution in [3.8, 4) is 28.4 Å². The van der Waals surface area contributed by atoms with Crippen molar-refractivity contribution in [1.82, 2.24) is 0 Å². The molecule has 0 radical (unpaired) electrons. The van der Waals surface area contributed by atoms with Crippen LogP contribution in [0.5, 0.6) is 17.2 Å². The van der Waals surface area contributed by atoms with Gasteiger partial charge in [-0.1, -0.05) is 23.7 Å². The lowest BCUT2D eigenvalue weighted by Gasteiger charge is -2.13. The van der Waals surface area contributed by atoms with Gasteiger partial charge < -0.3 is 14.6 Å². The van der Waals surface area contributed by atoms with E-state index in [1.54, 1.807) is 26.4 Å². The topological polar surface area (TPSA) is 38.7 Å². The summed E-state index contributed by atoms with van der Waals surface area (Å²) in [5.41, 5.74) is 1.82. The quantitative estimate of drug-likeness (QED) is 0.748. The van der Waals surface area contributed by atoms with Gasteiger partial charge in [0.15, 0.2) is 11.5 Å². The molecule has 0 unspecified atom stereocenters. The Morgan fingerprint density at radius 1 is 0.909 bits per heavy atom. The summed E-state index contributed by atoms with van der Waals surface area (Å²) in [5, 5.41) is 12.5. The highest BCUT2D eigenvalue weighted by atomic mass is 35.5. The molecule has 0 aromatic heterocycles. The van der Waals surface area contributed by atoms with E-state index < -0.39 is 0 Å². The first-order chi connectivity index (χ1) is 10.6. The van der Waals surface area contributed by atoms with Crippen LogP contribution in [0.15, 0.2) is 48.5 Å². The minimum atomic E-state index is 0.190. The number of phenols is 1. The van der Waals surface area contributed by atoms with Gasteiger partial charge in [-0.25, -0.2) is 0 Å². The van der Waals surface area contributed by atoms with E-state index >= 15 is 0 Å². The standard InChI is InChI=1S/C18H15ClO3/c1-21-17-8-12-7-14(20)9-15(16(12)10-18(17)22-2)11-4-3-5-13(19)6-11/h3-10,20H,1-2H3. The van der Waals surface area contributed by atoms with Crippen LogP contribution in [-0.2, 0) is 0 Å². The average Bonchev–Trinajstić information content (AvgIpc) is 2.52. The van der Waals surface area contributed by atoms with Crippen molar-refractivity contribution in [3.63, 3.8) is 0 Å². The Labute approximate surface area is 133 Å². The largest absolute Gasteiger partial charge is 0.508 e. The van der Waals surface area contributed by atoms with Crippen LogP contribution >= 0.6 is 11.6 Å². The number of hydrogen-bond acceptors (Lipinski definition) is 3. The Morgan fingerprint density at radius 3 is 2.32 bits per heavy atom. The maximum Gasteiger partial charge on any atom is 0.161 e. The van der Waals surface area contributed by atoms with E-state index in [1.165, 1.54) is 0 Å². The normalized spacial score (nSPS) is 10.7. The summed E-state index contributed by atoms with van der Waals surface area (Å²) in [5.74, 6) is 1.45. The number of ether oxygens (including phenoxy) is 2. The highest BCUT2D eigenvalue weighted by Crippen LogP contribution is 2.39. The van der Waals surface area contributed by atoms with Crippen LogP contribution in [0, 0.1) is 0 Å². The number of methoxy groups -OCH3 is 2. The Kier molecular flexibility index (Phi) is 3.82. The van der Waals surface area contributed by atoms with Crippen molar-refractivity contribution < 1.29 is 14.6 Å². The van der Waals surface area contributed by atoms with Gasteiger partial charge in [-0.05, 0) is 58.3 Å². The molecule has 3 aromatic carbocycles. The van der Waals surface area contributed by atoms with Crippen molar-refractivity contribution in [1.29, 1.82) is 0 Å². The zero-order valence-corrected chi connectivity index (χ0v) is 13.0. The molecule has 3 nitrogen and oxygen atoms in total. The molecule has 0 saturated heterocycles. The molecular weight excluding hydrogens is 300 g/mol. The predicted molar refractivity (Wildman–Crippen MR) is 89.2 cm³/mol. The van der Waals surface area contributed by atoms with Crippen LogP contribution in [0.25, 0.3) is 21.9 Å². The summed E-state index contributed by atoms with van der Waals surface area (Å²) >= 11 is 6.08. The number of rotatable bonds is 3. The van der Waals surface area contributed by atoms with E-state index in [4.69, 9.17) is 21.1 Å². The smallest absolute Gasteiger partial charge is 0.161 e. The van der Waals surface area contributed by atoms with Crippen molar-refractivity contribution in [2.75, 3.05) is 14.2 Å². The van der Waals surface area contributed by atoms with E-state index in [0.29, 0.717) is 16.5 Å². The van der Waals surface area contributed by atoms with Gasteiger partial charge in [-0.2, -0.15) is 0 Å². The molecule has 22 heavy (non-hydrogen) atoms. The van der Waals surface area contributed by atoms with Crippen molar-refractivity contribution in [3.05, 3.63) is 53.6 Å². The average molecular weight is 315 g/mol. The SMILES string of the molecule is COc1cc2cc(O)cc(-c3cccc(Cl)c3)c2cc1OC. The van der Waals surface area contributed by atoms with Gasteiger partial charge in [0.05, 0.1) is 14.2 Å².